The van der Waals surface area contributed by atoms with Crippen LogP contribution in [-0.2, 0) is 10.8 Å². The Labute approximate surface area is 325 Å². The van der Waals surface area contributed by atoms with Crippen molar-refractivity contribution in [3.05, 3.63) is 210 Å². The summed E-state index contributed by atoms with van der Waals surface area (Å²) in [6.07, 6.45) is 0. The lowest BCUT2D eigenvalue weighted by atomic mass is 9.78. The summed E-state index contributed by atoms with van der Waals surface area (Å²) in [6.45, 7) is 9.47. The lowest BCUT2D eigenvalue weighted by Crippen LogP contribution is -2.17. The first-order chi connectivity index (χ1) is 26.8. The van der Waals surface area contributed by atoms with Crippen LogP contribution in [0.5, 0.6) is 0 Å². The summed E-state index contributed by atoms with van der Waals surface area (Å²) >= 11 is 0. The van der Waals surface area contributed by atoms with E-state index in [9.17, 15) is 0 Å². The molecule has 1 heteroatoms. The Morgan fingerprint density at radius 3 is 1.47 bits per heavy atom. The van der Waals surface area contributed by atoms with E-state index in [1.54, 1.807) is 0 Å². The van der Waals surface area contributed by atoms with Crippen LogP contribution < -0.4 is 4.90 Å². The zero-order valence-electron chi connectivity index (χ0n) is 31.8. The van der Waals surface area contributed by atoms with Gasteiger partial charge in [0.1, 0.15) is 0 Å². The summed E-state index contributed by atoms with van der Waals surface area (Å²) in [5.74, 6) is 0. The predicted octanol–water partition coefficient (Wildman–Crippen LogP) is 14.8. The molecule has 0 saturated carbocycles. The number of anilines is 3. The highest BCUT2D eigenvalue weighted by Gasteiger charge is 2.38. The fourth-order valence-corrected chi connectivity index (χ4v) is 9.53. The Morgan fingerprint density at radius 2 is 0.800 bits per heavy atom. The third-order valence-corrected chi connectivity index (χ3v) is 12.3. The largest absolute Gasteiger partial charge is 0.310 e. The third kappa shape index (κ3) is 5.22. The van der Waals surface area contributed by atoms with Crippen LogP contribution in [0.2, 0.25) is 0 Å². The number of hydrogen-bond acceptors (Lipinski definition) is 1. The number of benzene rings is 8. The van der Waals surface area contributed by atoms with Gasteiger partial charge >= 0.3 is 0 Å². The predicted molar refractivity (Wildman–Crippen MR) is 233 cm³/mol. The molecule has 0 unspecified atom stereocenters. The molecular formula is C54H43N. The Kier molecular flexibility index (Phi) is 7.58. The van der Waals surface area contributed by atoms with Crippen molar-refractivity contribution in [1.82, 2.24) is 0 Å². The fourth-order valence-electron chi connectivity index (χ4n) is 9.53. The quantitative estimate of drug-likeness (QED) is 0.166. The molecule has 0 heterocycles. The maximum Gasteiger partial charge on any atom is 0.0540 e. The van der Waals surface area contributed by atoms with E-state index < -0.39 is 0 Å². The van der Waals surface area contributed by atoms with Crippen molar-refractivity contribution in [3.8, 4) is 55.6 Å². The summed E-state index contributed by atoms with van der Waals surface area (Å²) in [5, 5.41) is 0. The molecule has 0 aliphatic heterocycles. The van der Waals surface area contributed by atoms with Gasteiger partial charge in [-0.1, -0.05) is 173 Å². The summed E-state index contributed by atoms with van der Waals surface area (Å²) in [5.41, 5.74) is 21.5. The zero-order valence-corrected chi connectivity index (χ0v) is 31.8. The van der Waals surface area contributed by atoms with Crippen LogP contribution in [0.1, 0.15) is 49.9 Å². The first-order valence-electron chi connectivity index (χ1n) is 19.4. The molecule has 2 aliphatic rings. The molecule has 55 heavy (non-hydrogen) atoms. The van der Waals surface area contributed by atoms with Crippen LogP contribution in [0.4, 0.5) is 17.1 Å². The smallest absolute Gasteiger partial charge is 0.0540 e. The maximum atomic E-state index is 2.45. The van der Waals surface area contributed by atoms with Gasteiger partial charge in [-0.05, 0) is 115 Å². The molecule has 0 bridgehead atoms. The van der Waals surface area contributed by atoms with Crippen molar-refractivity contribution in [2.45, 2.75) is 38.5 Å². The van der Waals surface area contributed by atoms with Gasteiger partial charge in [0, 0.05) is 27.8 Å². The zero-order chi connectivity index (χ0) is 37.3. The topological polar surface area (TPSA) is 3.24 Å². The van der Waals surface area contributed by atoms with Gasteiger partial charge < -0.3 is 4.90 Å². The van der Waals surface area contributed by atoms with E-state index in [4.69, 9.17) is 0 Å². The molecule has 2 aliphatic carbocycles. The first-order valence-corrected chi connectivity index (χ1v) is 19.4. The van der Waals surface area contributed by atoms with Crippen molar-refractivity contribution in [2.75, 3.05) is 4.90 Å². The highest BCUT2D eigenvalue weighted by Crippen LogP contribution is 2.54. The van der Waals surface area contributed by atoms with Gasteiger partial charge in [-0.15, -0.1) is 0 Å². The molecule has 10 rings (SSSR count). The minimum atomic E-state index is -0.104. The number of para-hydroxylation sites is 1. The number of hydrogen-bond donors (Lipinski definition) is 0. The van der Waals surface area contributed by atoms with Gasteiger partial charge in [0.15, 0.2) is 0 Å². The summed E-state index contributed by atoms with van der Waals surface area (Å²) in [7, 11) is 0. The average Bonchev–Trinajstić information content (AvgIpc) is 3.61. The van der Waals surface area contributed by atoms with Gasteiger partial charge in [-0.3, -0.25) is 0 Å². The highest BCUT2D eigenvalue weighted by atomic mass is 15.1. The van der Waals surface area contributed by atoms with Crippen molar-refractivity contribution >= 4 is 17.1 Å². The lowest BCUT2D eigenvalue weighted by Gasteiger charge is -2.30. The van der Waals surface area contributed by atoms with Crippen LogP contribution in [0.3, 0.4) is 0 Å². The molecule has 0 amide bonds. The lowest BCUT2D eigenvalue weighted by molar-refractivity contribution is 0.660. The SMILES string of the molecule is CC1(C)c2ccccc2-c2ccc(N(c3ccc(-c4cc(-c5ccccc5)c5c(c4)-c4ccccc4C5(C)C)cc3)c3ccccc3-c3ccccc3)cc21. The van der Waals surface area contributed by atoms with Gasteiger partial charge in [0.05, 0.1) is 5.69 Å². The van der Waals surface area contributed by atoms with E-state index in [1.807, 2.05) is 0 Å². The molecule has 0 aromatic heterocycles. The minimum Gasteiger partial charge on any atom is -0.310 e. The molecule has 264 valence electrons. The summed E-state index contributed by atoms with van der Waals surface area (Å²) in [6, 6.07) is 69.4. The number of nitrogens with zero attached hydrogens (tertiary/aromatic N) is 1. The molecule has 8 aromatic rings. The van der Waals surface area contributed by atoms with E-state index in [1.165, 1.54) is 77.9 Å². The average molecular weight is 706 g/mol. The Hall–Kier alpha value is -6.44. The van der Waals surface area contributed by atoms with Crippen LogP contribution in [-0.4, -0.2) is 0 Å². The van der Waals surface area contributed by atoms with Gasteiger partial charge in [-0.25, -0.2) is 0 Å². The fraction of sp³-hybridized carbons (Fsp3) is 0.111. The normalized spacial score (nSPS) is 14.1. The van der Waals surface area contributed by atoms with Gasteiger partial charge in [0.25, 0.3) is 0 Å². The molecule has 0 radical (unpaired) electrons. The van der Waals surface area contributed by atoms with Gasteiger partial charge in [-0.2, -0.15) is 0 Å². The molecular weight excluding hydrogens is 663 g/mol. The molecule has 0 saturated heterocycles. The second kappa shape index (κ2) is 12.6. The minimum absolute atomic E-state index is 0.0993. The van der Waals surface area contributed by atoms with Crippen LogP contribution in [0, 0.1) is 0 Å². The molecule has 8 aromatic carbocycles. The van der Waals surface area contributed by atoms with Crippen LogP contribution in [0.25, 0.3) is 55.6 Å². The van der Waals surface area contributed by atoms with E-state index >= 15 is 0 Å². The maximum absolute atomic E-state index is 2.45. The van der Waals surface area contributed by atoms with E-state index in [0.717, 1.165) is 17.1 Å². The Morgan fingerprint density at radius 1 is 0.309 bits per heavy atom. The third-order valence-electron chi connectivity index (χ3n) is 12.3. The molecule has 0 spiro atoms. The monoisotopic (exact) mass is 705 g/mol. The number of fused-ring (bicyclic) bond motifs is 6. The second-order valence-corrected chi connectivity index (χ2v) is 16.1. The van der Waals surface area contributed by atoms with Crippen molar-refractivity contribution < 1.29 is 0 Å². The van der Waals surface area contributed by atoms with E-state index in [0.29, 0.717) is 0 Å². The Balaban J connectivity index is 1.14. The van der Waals surface area contributed by atoms with Crippen LogP contribution >= 0.6 is 0 Å². The summed E-state index contributed by atoms with van der Waals surface area (Å²) in [4.78, 5) is 2.45. The molecule has 0 N–H and O–H groups in total. The standard InChI is InChI=1S/C54H43N/c1-53(2)48-24-14-11-22-43(48)45-32-31-41(35-50(45)53)55(51-26-16-13-21-42(51)37-17-7-5-8-18-37)40-29-27-36(28-30-40)39-33-46(38-19-9-6-10-20-38)52-47(34-39)44-23-12-15-25-49(44)54(52,3)4/h5-35H,1-4H3. The van der Waals surface area contributed by atoms with Crippen molar-refractivity contribution in [2.24, 2.45) is 0 Å². The number of rotatable bonds is 6. The Bertz CT molecular complexity index is 2740. The first kappa shape index (κ1) is 33.2. The highest BCUT2D eigenvalue weighted by molar-refractivity contribution is 5.94. The van der Waals surface area contributed by atoms with Gasteiger partial charge in [0.2, 0.25) is 0 Å². The molecule has 1 nitrogen and oxygen atoms in total. The molecule has 0 fully saturated rings. The van der Waals surface area contributed by atoms with E-state index in [-0.39, 0.29) is 10.8 Å². The van der Waals surface area contributed by atoms with E-state index in [2.05, 4.69) is 221 Å². The van der Waals surface area contributed by atoms with Crippen molar-refractivity contribution in [3.63, 3.8) is 0 Å². The second-order valence-electron chi connectivity index (χ2n) is 16.1. The van der Waals surface area contributed by atoms with Crippen LogP contribution in [0.15, 0.2) is 188 Å². The summed E-state index contributed by atoms with van der Waals surface area (Å²) < 4.78 is 0. The molecule has 0 atom stereocenters. The van der Waals surface area contributed by atoms with Crippen molar-refractivity contribution in [1.29, 1.82) is 0 Å².